The molecule has 1 unspecified atom stereocenters. The molecule has 1 aromatic rings. The van der Waals surface area contributed by atoms with Crippen LogP contribution in [0.15, 0.2) is 12.1 Å². The third-order valence-electron chi connectivity index (χ3n) is 4.08. The van der Waals surface area contributed by atoms with E-state index in [0.717, 1.165) is 29.7 Å². The van der Waals surface area contributed by atoms with Crippen molar-refractivity contribution < 1.29 is 14.6 Å². The maximum absolute atomic E-state index is 11.2. The number of ether oxygens (including phenoxy) is 1. The number of aliphatic carboxylic acids is 1. The fourth-order valence-corrected chi connectivity index (χ4v) is 3.12. The molecule has 3 nitrogen and oxygen atoms in total. The highest BCUT2D eigenvalue weighted by Crippen LogP contribution is 2.49. The van der Waals surface area contributed by atoms with Gasteiger partial charge < -0.3 is 9.84 Å². The Hall–Kier alpha value is -1.22. The summed E-state index contributed by atoms with van der Waals surface area (Å²) >= 11 is 6.29. The maximum atomic E-state index is 11.2. The average molecular weight is 311 g/mol. The highest BCUT2D eigenvalue weighted by atomic mass is 35.5. The lowest BCUT2D eigenvalue weighted by atomic mass is 9.81. The van der Waals surface area contributed by atoms with Crippen LogP contribution in [0.2, 0.25) is 5.02 Å². The molecule has 1 atom stereocenters. The molecule has 0 radical (unpaired) electrons. The largest absolute Gasteiger partial charge is 0.496 e. The minimum atomic E-state index is -0.772. The molecule has 1 aliphatic carbocycles. The zero-order chi connectivity index (χ0) is 15.8. The van der Waals surface area contributed by atoms with Gasteiger partial charge in [-0.15, -0.1) is 0 Å². The molecule has 116 valence electrons. The second-order valence-corrected chi connectivity index (χ2v) is 7.30. The van der Waals surface area contributed by atoms with Gasteiger partial charge >= 0.3 is 5.97 Å². The molecule has 0 bridgehead atoms. The molecule has 0 aliphatic heterocycles. The molecule has 21 heavy (non-hydrogen) atoms. The van der Waals surface area contributed by atoms with Gasteiger partial charge in [0.05, 0.1) is 13.5 Å². The summed E-state index contributed by atoms with van der Waals surface area (Å²) in [4.78, 5) is 11.2. The summed E-state index contributed by atoms with van der Waals surface area (Å²) in [7, 11) is 1.65. The molecule has 1 aromatic carbocycles. The Kier molecular flexibility index (Phi) is 4.52. The van der Waals surface area contributed by atoms with E-state index in [1.54, 1.807) is 7.11 Å². The van der Waals surface area contributed by atoms with Crippen LogP contribution in [0.5, 0.6) is 5.75 Å². The number of hydrogen-bond acceptors (Lipinski definition) is 2. The van der Waals surface area contributed by atoms with Crippen molar-refractivity contribution >= 4 is 17.6 Å². The molecular weight excluding hydrogens is 288 g/mol. The molecular formula is C17H23ClO3. The monoisotopic (exact) mass is 310 g/mol. The number of rotatable bonds is 5. The molecule has 0 aromatic heterocycles. The second kappa shape index (κ2) is 5.88. The van der Waals surface area contributed by atoms with Crippen LogP contribution in [0.1, 0.15) is 57.1 Å². The first-order chi connectivity index (χ1) is 9.74. The van der Waals surface area contributed by atoms with Crippen LogP contribution in [0, 0.1) is 5.92 Å². The molecule has 0 heterocycles. The van der Waals surface area contributed by atoms with E-state index >= 15 is 0 Å². The Bertz CT molecular complexity index is 542. The summed E-state index contributed by atoms with van der Waals surface area (Å²) in [6.45, 7) is 6.32. The number of halogens is 1. The number of hydrogen-bond donors (Lipinski definition) is 1. The van der Waals surface area contributed by atoms with Crippen LogP contribution in [0.25, 0.3) is 0 Å². The standard InChI is InChI=1S/C17H23ClO3/c1-17(2,3)14-8-11(18)7-13(16(14)21-4)12(9-15(19)20)10-5-6-10/h7-8,10,12H,5-6,9H2,1-4H3,(H,19,20). The summed E-state index contributed by atoms with van der Waals surface area (Å²) in [5.74, 6) is 0.440. The average Bonchev–Trinajstić information content (AvgIpc) is 3.17. The predicted octanol–water partition coefficient (Wildman–Crippen LogP) is 4.61. The van der Waals surface area contributed by atoms with Gasteiger partial charge in [-0.05, 0) is 41.9 Å². The van der Waals surface area contributed by atoms with E-state index in [4.69, 9.17) is 16.3 Å². The summed E-state index contributed by atoms with van der Waals surface area (Å²) in [5.41, 5.74) is 1.87. The zero-order valence-corrected chi connectivity index (χ0v) is 13.8. The van der Waals surface area contributed by atoms with E-state index in [1.807, 2.05) is 12.1 Å². The summed E-state index contributed by atoms with van der Waals surface area (Å²) in [5, 5.41) is 9.86. The number of methoxy groups -OCH3 is 1. The van der Waals surface area contributed by atoms with Crippen molar-refractivity contribution in [3.05, 3.63) is 28.3 Å². The molecule has 4 heteroatoms. The Morgan fingerprint density at radius 1 is 1.43 bits per heavy atom. The molecule has 1 N–H and O–H groups in total. The Morgan fingerprint density at radius 3 is 2.48 bits per heavy atom. The van der Waals surface area contributed by atoms with Gasteiger partial charge in [-0.3, -0.25) is 4.79 Å². The minimum Gasteiger partial charge on any atom is -0.496 e. The molecule has 0 saturated heterocycles. The zero-order valence-electron chi connectivity index (χ0n) is 13.1. The van der Waals surface area contributed by atoms with Gasteiger partial charge in [0.15, 0.2) is 0 Å². The smallest absolute Gasteiger partial charge is 0.303 e. The Morgan fingerprint density at radius 2 is 2.05 bits per heavy atom. The second-order valence-electron chi connectivity index (χ2n) is 6.87. The van der Waals surface area contributed by atoms with Crippen molar-refractivity contribution in [2.24, 2.45) is 5.92 Å². The predicted molar refractivity (Wildman–Crippen MR) is 84.4 cm³/mol. The van der Waals surface area contributed by atoms with Crippen molar-refractivity contribution in [1.82, 2.24) is 0 Å². The summed E-state index contributed by atoms with van der Waals surface area (Å²) < 4.78 is 5.65. The van der Waals surface area contributed by atoms with Crippen molar-refractivity contribution in [3.8, 4) is 5.75 Å². The lowest BCUT2D eigenvalue weighted by Gasteiger charge is -2.27. The highest BCUT2D eigenvalue weighted by Gasteiger charge is 2.37. The highest BCUT2D eigenvalue weighted by molar-refractivity contribution is 6.30. The van der Waals surface area contributed by atoms with Crippen LogP contribution in [0.4, 0.5) is 0 Å². The molecule has 1 fully saturated rings. The van der Waals surface area contributed by atoms with E-state index in [2.05, 4.69) is 20.8 Å². The minimum absolute atomic E-state index is 0.0164. The van der Waals surface area contributed by atoms with Gasteiger partial charge in [-0.1, -0.05) is 32.4 Å². The van der Waals surface area contributed by atoms with Gasteiger partial charge in [-0.25, -0.2) is 0 Å². The lowest BCUT2D eigenvalue weighted by Crippen LogP contribution is -2.16. The number of carboxylic acid groups (broad SMARTS) is 1. The molecule has 2 rings (SSSR count). The van der Waals surface area contributed by atoms with E-state index in [1.165, 1.54) is 0 Å². The van der Waals surface area contributed by atoms with Crippen molar-refractivity contribution in [2.75, 3.05) is 7.11 Å². The normalized spacial score (nSPS) is 16.6. The summed E-state index contributed by atoms with van der Waals surface area (Å²) in [6.07, 6.45) is 2.29. The lowest BCUT2D eigenvalue weighted by molar-refractivity contribution is -0.137. The fraction of sp³-hybridized carbons (Fsp3) is 0.588. The Labute approximate surface area is 131 Å². The van der Waals surface area contributed by atoms with Gasteiger partial charge in [0.1, 0.15) is 5.75 Å². The number of carbonyl (C=O) groups is 1. The summed E-state index contributed by atoms with van der Waals surface area (Å²) in [6, 6.07) is 3.80. The molecule has 1 saturated carbocycles. The van der Waals surface area contributed by atoms with E-state index in [0.29, 0.717) is 10.9 Å². The molecule has 1 aliphatic rings. The third-order valence-corrected chi connectivity index (χ3v) is 4.30. The van der Waals surface area contributed by atoms with Crippen LogP contribution >= 0.6 is 11.6 Å². The van der Waals surface area contributed by atoms with Crippen LogP contribution < -0.4 is 4.74 Å². The van der Waals surface area contributed by atoms with Crippen molar-refractivity contribution in [3.63, 3.8) is 0 Å². The quantitative estimate of drug-likeness (QED) is 0.863. The Balaban J connectivity index is 2.55. The van der Waals surface area contributed by atoms with Crippen molar-refractivity contribution in [1.29, 1.82) is 0 Å². The SMILES string of the molecule is COc1c(C(CC(=O)O)C2CC2)cc(Cl)cc1C(C)(C)C. The number of benzene rings is 1. The first-order valence-electron chi connectivity index (χ1n) is 7.33. The van der Waals surface area contributed by atoms with Crippen LogP contribution in [0.3, 0.4) is 0 Å². The topological polar surface area (TPSA) is 46.5 Å². The maximum Gasteiger partial charge on any atom is 0.303 e. The van der Waals surface area contributed by atoms with E-state index in [-0.39, 0.29) is 17.8 Å². The van der Waals surface area contributed by atoms with E-state index < -0.39 is 5.97 Å². The third kappa shape index (κ3) is 3.70. The van der Waals surface area contributed by atoms with Crippen LogP contribution in [-0.2, 0) is 10.2 Å². The van der Waals surface area contributed by atoms with Gasteiger partial charge in [0, 0.05) is 16.5 Å². The van der Waals surface area contributed by atoms with Crippen molar-refractivity contribution in [2.45, 2.75) is 51.4 Å². The first kappa shape index (κ1) is 16.2. The molecule has 0 amide bonds. The number of carboxylic acids is 1. The van der Waals surface area contributed by atoms with Gasteiger partial charge in [-0.2, -0.15) is 0 Å². The van der Waals surface area contributed by atoms with Gasteiger partial charge in [0.25, 0.3) is 0 Å². The first-order valence-corrected chi connectivity index (χ1v) is 7.71. The van der Waals surface area contributed by atoms with Gasteiger partial charge in [0.2, 0.25) is 0 Å². The molecule has 0 spiro atoms. The fourth-order valence-electron chi connectivity index (χ4n) is 2.89. The van der Waals surface area contributed by atoms with Crippen LogP contribution in [-0.4, -0.2) is 18.2 Å². The van der Waals surface area contributed by atoms with E-state index in [9.17, 15) is 9.90 Å².